The topological polar surface area (TPSA) is 76.6 Å². The molecule has 0 radical (unpaired) electrons. The van der Waals surface area contributed by atoms with Crippen molar-refractivity contribution < 1.29 is 14.3 Å². The average molecular weight is 543 g/mol. The van der Waals surface area contributed by atoms with E-state index in [2.05, 4.69) is 98.5 Å². The van der Waals surface area contributed by atoms with Crippen molar-refractivity contribution in [2.45, 2.75) is 6.54 Å². The molecule has 0 spiro atoms. The highest BCUT2D eigenvalue weighted by Gasteiger charge is 2.22. The van der Waals surface area contributed by atoms with Gasteiger partial charge in [-0.3, -0.25) is 0 Å². The van der Waals surface area contributed by atoms with E-state index in [1.165, 1.54) is 7.11 Å². The third kappa shape index (κ3) is 5.17. The summed E-state index contributed by atoms with van der Waals surface area (Å²) in [6.45, 7) is 0.365. The smallest absolute Gasteiger partial charge is 0.247 e. The molecule has 1 N–H and O–H groups in total. The molecule has 0 saturated heterocycles. The van der Waals surface area contributed by atoms with Crippen LogP contribution in [0.5, 0.6) is 11.5 Å². The number of aromatic hydroxyl groups is 1. The Morgan fingerprint density at radius 1 is 0.756 bits per heavy atom. The summed E-state index contributed by atoms with van der Waals surface area (Å²) >= 11 is 0. The van der Waals surface area contributed by atoms with Crippen LogP contribution < -0.4 is 9.64 Å². The van der Waals surface area contributed by atoms with Crippen molar-refractivity contribution in [1.82, 2.24) is 14.8 Å². The molecular weight excluding hydrogens is 512 g/mol. The maximum Gasteiger partial charge on any atom is 0.247 e. The molecule has 204 valence electrons. The number of aromatic nitrogens is 3. The van der Waals surface area contributed by atoms with Gasteiger partial charge in [0.2, 0.25) is 11.8 Å². The molecular formula is C34H30N4O3. The van der Waals surface area contributed by atoms with E-state index in [1.54, 1.807) is 18.2 Å². The quantitative estimate of drug-likeness (QED) is 0.216. The van der Waals surface area contributed by atoms with E-state index in [4.69, 9.17) is 9.15 Å². The summed E-state index contributed by atoms with van der Waals surface area (Å²) in [5.41, 5.74) is 8.31. The second-order valence-electron chi connectivity index (χ2n) is 9.94. The lowest BCUT2D eigenvalue weighted by Crippen LogP contribution is -2.08. The predicted molar refractivity (Wildman–Crippen MR) is 162 cm³/mol. The maximum atomic E-state index is 10.0. The van der Waals surface area contributed by atoms with Gasteiger partial charge in [-0.15, -0.1) is 10.2 Å². The number of rotatable bonds is 8. The minimum Gasteiger partial charge on any atom is -0.504 e. The molecule has 7 heteroatoms. The first-order valence-corrected chi connectivity index (χ1v) is 13.3. The van der Waals surface area contributed by atoms with Crippen molar-refractivity contribution in [3.63, 3.8) is 0 Å². The van der Waals surface area contributed by atoms with Gasteiger partial charge in [0, 0.05) is 36.6 Å². The summed E-state index contributed by atoms with van der Waals surface area (Å²) in [6.07, 6.45) is 0. The van der Waals surface area contributed by atoms with E-state index in [9.17, 15) is 5.11 Å². The molecule has 0 amide bonds. The van der Waals surface area contributed by atoms with Gasteiger partial charge in [0.1, 0.15) is 6.54 Å². The summed E-state index contributed by atoms with van der Waals surface area (Å²) in [7, 11) is 5.58. The van der Waals surface area contributed by atoms with Crippen LogP contribution in [0.4, 0.5) is 5.69 Å². The van der Waals surface area contributed by atoms with Gasteiger partial charge in [-0.2, -0.15) is 0 Å². The molecule has 0 bridgehead atoms. The van der Waals surface area contributed by atoms with Gasteiger partial charge in [-0.05, 0) is 53.1 Å². The van der Waals surface area contributed by atoms with Crippen molar-refractivity contribution in [1.29, 1.82) is 0 Å². The Morgan fingerprint density at radius 2 is 1.41 bits per heavy atom. The zero-order chi connectivity index (χ0) is 28.3. The Hall–Kier alpha value is -5.30. The minimum absolute atomic E-state index is 0.0502. The fourth-order valence-electron chi connectivity index (χ4n) is 5.01. The predicted octanol–water partition coefficient (Wildman–Crippen LogP) is 7.37. The third-order valence-electron chi connectivity index (χ3n) is 7.10. The van der Waals surface area contributed by atoms with Crippen LogP contribution in [0.2, 0.25) is 0 Å². The molecule has 0 aliphatic carbocycles. The fourth-order valence-corrected chi connectivity index (χ4v) is 5.01. The molecule has 0 fully saturated rings. The number of phenols is 1. The number of methoxy groups -OCH3 is 1. The SMILES string of the molecule is COc1cc(-c2nnc(Cn3c(-c4ccc(N(C)C)cc4)cc(-c4ccccc4)c3-c3ccccc3)o2)ccc1O. The second kappa shape index (κ2) is 11.1. The molecule has 2 aromatic heterocycles. The molecule has 0 unspecified atom stereocenters. The highest BCUT2D eigenvalue weighted by molar-refractivity contribution is 5.87. The van der Waals surface area contributed by atoms with Gasteiger partial charge < -0.3 is 23.7 Å². The summed E-state index contributed by atoms with van der Waals surface area (Å²) in [6, 6.07) is 36.5. The maximum absolute atomic E-state index is 10.0. The standard InChI is InChI=1S/C34H30N4O3/c1-37(2)27-17-14-24(15-18-27)29-21-28(23-10-6-4-7-11-23)33(25-12-8-5-9-13-25)38(29)22-32-35-36-34(41-32)26-16-19-30(39)31(20-26)40-3/h4-21,39H,22H2,1-3H3. The van der Waals surface area contributed by atoms with Crippen molar-refractivity contribution >= 4 is 5.69 Å². The lowest BCUT2D eigenvalue weighted by atomic mass is 10.0. The number of hydrogen-bond donors (Lipinski definition) is 1. The first-order valence-electron chi connectivity index (χ1n) is 13.3. The summed E-state index contributed by atoms with van der Waals surface area (Å²) in [4.78, 5) is 2.09. The molecule has 6 aromatic rings. The molecule has 6 rings (SSSR count). The van der Waals surface area contributed by atoms with E-state index in [-0.39, 0.29) is 5.75 Å². The number of phenolic OH excluding ortho intramolecular Hbond substituents is 1. The monoisotopic (exact) mass is 542 g/mol. The van der Waals surface area contributed by atoms with Crippen LogP contribution in [0.25, 0.3) is 45.1 Å². The molecule has 0 aliphatic rings. The van der Waals surface area contributed by atoms with Gasteiger partial charge in [-0.25, -0.2) is 0 Å². The molecule has 7 nitrogen and oxygen atoms in total. The zero-order valence-corrected chi connectivity index (χ0v) is 23.2. The Balaban J connectivity index is 1.51. The first kappa shape index (κ1) is 26.0. The van der Waals surface area contributed by atoms with Crippen LogP contribution in [-0.2, 0) is 6.54 Å². The second-order valence-corrected chi connectivity index (χ2v) is 9.94. The van der Waals surface area contributed by atoms with Crippen molar-refractivity contribution in [3.05, 3.63) is 115 Å². The van der Waals surface area contributed by atoms with E-state index >= 15 is 0 Å². The Kier molecular flexibility index (Phi) is 7.00. The van der Waals surface area contributed by atoms with Gasteiger partial charge >= 0.3 is 0 Å². The van der Waals surface area contributed by atoms with Crippen LogP contribution >= 0.6 is 0 Å². The zero-order valence-electron chi connectivity index (χ0n) is 23.2. The Labute approximate surface area is 238 Å². The lowest BCUT2D eigenvalue weighted by Gasteiger charge is -2.15. The normalized spacial score (nSPS) is 11.0. The number of anilines is 1. The average Bonchev–Trinajstić information content (AvgIpc) is 3.64. The molecule has 0 saturated carbocycles. The Morgan fingerprint density at radius 3 is 2.07 bits per heavy atom. The van der Waals surface area contributed by atoms with Crippen molar-refractivity contribution in [3.8, 4) is 56.6 Å². The van der Waals surface area contributed by atoms with E-state index in [0.717, 1.165) is 39.3 Å². The van der Waals surface area contributed by atoms with Gasteiger partial charge in [0.25, 0.3) is 0 Å². The van der Waals surface area contributed by atoms with Crippen LogP contribution in [0.3, 0.4) is 0 Å². The number of ether oxygens (including phenoxy) is 1. The van der Waals surface area contributed by atoms with Gasteiger partial charge in [0.05, 0.1) is 12.8 Å². The number of hydrogen-bond acceptors (Lipinski definition) is 6. The lowest BCUT2D eigenvalue weighted by molar-refractivity contribution is 0.373. The van der Waals surface area contributed by atoms with E-state index < -0.39 is 0 Å². The van der Waals surface area contributed by atoms with E-state index in [0.29, 0.717) is 29.6 Å². The minimum atomic E-state index is 0.0502. The van der Waals surface area contributed by atoms with Gasteiger partial charge in [0.15, 0.2) is 11.5 Å². The summed E-state index contributed by atoms with van der Waals surface area (Å²) < 4.78 is 13.7. The van der Waals surface area contributed by atoms with Crippen LogP contribution in [0.15, 0.2) is 114 Å². The molecule has 4 aromatic carbocycles. The highest BCUT2D eigenvalue weighted by atomic mass is 16.5. The Bertz CT molecular complexity index is 1770. The van der Waals surface area contributed by atoms with Crippen LogP contribution in [0.1, 0.15) is 5.89 Å². The summed E-state index contributed by atoms with van der Waals surface area (Å²) in [5, 5.41) is 18.7. The fraction of sp³-hybridized carbons (Fsp3) is 0.118. The summed E-state index contributed by atoms with van der Waals surface area (Å²) in [5.74, 6) is 1.21. The molecule has 0 aliphatic heterocycles. The molecule has 41 heavy (non-hydrogen) atoms. The molecule has 0 atom stereocenters. The first-order chi connectivity index (χ1) is 20.0. The molecule has 2 heterocycles. The van der Waals surface area contributed by atoms with Crippen molar-refractivity contribution in [2.24, 2.45) is 0 Å². The van der Waals surface area contributed by atoms with E-state index in [1.807, 2.05) is 26.2 Å². The van der Waals surface area contributed by atoms with Crippen LogP contribution in [-0.4, -0.2) is 41.1 Å². The number of benzene rings is 4. The highest BCUT2D eigenvalue weighted by Crippen LogP contribution is 2.40. The van der Waals surface area contributed by atoms with Gasteiger partial charge in [-0.1, -0.05) is 72.8 Å². The van der Waals surface area contributed by atoms with Crippen LogP contribution in [0, 0.1) is 0 Å². The largest absolute Gasteiger partial charge is 0.504 e. The number of nitrogens with zero attached hydrogens (tertiary/aromatic N) is 4. The van der Waals surface area contributed by atoms with Crippen molar-refractivity contribution in [2.75, 3.05) is 26.1 Å². The third-order valence-corrected chi connectivity index (χ3v) is 7.10.